The lowest BCUT2D eigenvalue weighted by Gasteiger charge is -2.22. The number of pyridine rings is 1. The third-order valence-corrected chi connectivity index (χ3v) is 3.14. The third kappa shape index (κ3) is 5.12. The summed E-state index contributed by atoms with van der Waals surface area (Å²) in [5.41, 5.74) is 7.82. The fraction of sp³-hybridized carbons (Fsp3) is 0.643. The highest BCUT2D eigenvalue weighted by Crippen LogP contribution is 2.05. The molecular weight excluding hydrogens is 226 g/mol. The maximum Gasteiger partial charge on any atom is 0.0705 e. The number of aryl methyl sites for hydroxylation is 1. The van der Waals surface area contributed by atoms with Gasteiger partial charge in [-0.3, -0.25) is 9.88 Å². The van der Waals surface area contributed by atoms with Gasteiger partial charge in [-0.15, -0.1) is 0 Å². The summed E-state index contributed by atoms with van der Waals surface area (Å²) in [7, 11) is 1.72. The molecule has 0 aromatic carbocycles. The monoisotopic (exact) mass is 251 g/mol. The van der Waals surface area contributed by atoms with E-state index in [9.17, 15) is 0 Å². The van der Waals surface area contributed by atoms with Crippen LogP contribution in [0.5, 0.6) is 0 Å². The van der Waals surface area contributed by atoms with Gasteiger partial charge in [0.2, 0.25) is 0 Å². The van der Waals surface area contributed by atoms with Crippen molar-refractivity contribution in [3.05, 3.63) is 29.6 Å². The van der Waals surface area contributed by atoms with E-state index in [-0.39, 0.29) is 6.10 Å². The van der Waals surface area contributed by atoms with Crippen LogP contribution in [0, 0.1) is 6.92 Å². The van der Waals surface area contributed by atoms with Crippen molar-refractivity contribution in [1.29, 1.82) is 0 Å². The second kappa shape index (κ2) is 8.19. The van der Waals surface area contributed by atoms with Crippen LogP contribution in [0.3, 0.4) is 0 Å². The van der Waals surface area contributed by atoms with Crippen molar-refractivity contribution in [2.24, 2.45) is 5.73 Å². The van der Waals surface area contributed by atoms with E-state index in [0.717, 1.165) is 37.4 Å². The Morgan fingerprint density at radius 1 is 1.44 bits per heavy atom. The van der Waals surface area contributed by atoms with Crippen LogP contribution in [0.1, 0.15) is 24.7 Å². The Bertz CT molecular complexity index is 340. The minimum Gasteiger partial charge on any atom is -0.380 e. The fourth-order valence-electron chi connectivity index (χ4n) is 1.92. The van der Waals surface area contributed by atoms with Crippen molar-refractivity contribution in [3.8, 4) is 0 Å². The summed E-state index contributed by atoms with van der Waals surface area (Å²) in [6.07, 6.45) is 1.12. The average Bonchev–Trinajstić information content (AvgIpc) is 2.38. The molecule has 0 radical (unpaired) electrons. The Kier molecular flexibility index (Phi) is 6.86. The number of rotatable bonds is 8. The lowest BCUT2D eigenvalue weighted by Crippen LogP contribution is -2.31. The Labute approximate surface area is 110 Å². The van der Waals surface area contributed by atoms with Gasteiger partial charge in [-0.05, 0) is 32.0 Å². The van der Waals surface area contributed by atoms with Crippen molar-refractivity contribution in [2.45, 2.75) is 32.9 Å². The van der Waals surface area contributed by atoms with E-state index in [1.165, 1.54) is 0 Å². The maximum absolute atomic E-state index is 5.63. The van der Waals surface area contributed by atoms with Gasteiger partial charge in [0, 0.05) is 32.4 Å². The number of hydrogen-bond acceptors (Lipinski definition) is 4. The highest BCUT2D eigenvalue weighted by Gasteiger charge is 2.09. The summed E-state index contributed by atoms with van der Waals surface area (Å²) < 4.78 is 5.30. The van der Waals surface area contributed by atoms with Gasteiger partial charge < -0.3 is 10.5 Å². The van der Waals surface area contributed by atoms with Crippen molar-refractivity contribution in [2.75, 3.05) is 26.7 Å². The van der Waals surface area contributed by atoms with E-state index < -0.39 is 0 Å². The van der Waals surface area contributed by atoms with Gasteiger partial charge in [0.25, 0.3) is 0 Å². The van der Waals surface area contributed by atoms with Crippen LogP contribution in [-0.4, -0.2) is 42.7 Å². The molecule has 0 saturated carbocycles. The summed E-state index contributed by atoms with van der Waals surface area (Å²) in [5, 5.41) is 0. The predicted octanol–water partition coefficient (Wildman–Crippen LogP) is 1.58. The molecule has 1 atom stereocenters. The molecule has 1 rings (SSSR count). The lowest BCUT2D eigenvalue weighted by molar-refractivity contribution is 0.0889. The number of nitrogens with zero attached hydrogens (tertiary/aromatic N) is 2. The maximum atomic E-state index is 5.63. The molecule has 1 unspecified atom stereocenters. The van der Waals surface area contributed by atoms with Crippen LogP contribution in [0.4, 0.5) is 0 Å². The SMILES string of the molecule is CCN(CCC(CN)OC)Cc1cccc(C)n1. The Balaban J connectivity index is 2.46. The minimum atomic E-state index is 0.157. The minimum absolute atomic E-state index is 0.157. The molecule has 1 aromatic rings. The van der Waals surface area contributed by atoms with E-state index in [1.807, 2.05) is 13.0 Å². The first-order chi connectivity index (χ1) is 8.69. The van der Waals surface area contributed by atoms with E-state index >= 15 is 0 Å². The molecule has 0 saturated heterocycles. The molecule has 4 heteroatoms. The first kappa shape index (κ1) is 15.1. The van der Waals surface area contributed by atoms with Crippen LogP contribution in [0.15, 0.2) is 18.2 Å². The standard InChI is InChI=1S/C14H25N3O/c1-4-17(9-8-14(10-15)18-3)11-13-7-5-6-12(2)16-13/h5-7,14H,4,8-11,15H2,1-3H3. The second-order valence-electron chi connectivity index (χ2n) is 4.52. The Morgan fingerprint density at radius 3 is 2.78 bits per heavy atom. The first-order valence-electron chi connectivity index (χ1n) is 6.57. The van der Waals surface area contributed by atoms with Crippen LogP contribution in [0.2, 0.25) is 0 Å². The molecule has 4 nitrogen and oxygen atoms in total. The number of aromatic nitrogens is 1. The summed E-state index contributed by atoms with van der Waals surface area (Å²) >= 11 is 0. The van der Waals surface area contributed by atoms with E-state index in [1.54, 1.807) is 7.11 Å². The molecule has 0 aliphatic carbocycles. The smallest absolute Gasteiger partial charge is 0.0705 e. The topological polar surface area (TPSA) is 51.4 Å². The number of hydrogen-bond donors (Lipinski definition) is 1. The van der Waals surface area contributed by atoms with Crippen molar-refractivity contribution < 1.29 is 4.74 Å². The summed E-state index contributed by atoms with van der Waals surface area (Å²) in [5.74, 6) is 0. The van der Waals surface area contributed by atoms with E-state index in [4.69, 9.17) is 10.5 Å². The number of methoxy groups -OCH3 is 1. The van der Waals surface area contributed by atoms with Crippen molar-refractivity contribution in [3.63, 3.8) is 0 Å². The molecular formula is C14H25N3O. The summed E-state index contributed by atoms with van der Waals surface area (Å²) in [6.45, 7) is 7.66. The molecule has 0 bridgehead atoms. The van der Waals surface area contributed by atoms with Gasteiger partial charge in [0.1, 0.15) is 0 Å². The largest absolute Gasteiger partial charge is 0.380 e. The van der Waals surface area contributed by atoms with Gasteiger partial charge in [-0.25, -0.2) is 0 Å². The normalized spacial score (nSPS) is 12.9. The molecule has 102 valence electrons. The Morgan fingerprint density at radius 2 is 2.22 bits per heavy atom. The molecule has 0 aliphatic heterocycles. The molecule has 18 heavy (non-hydrogen) atoms. The van der Waals surface area contributed by atoms with E-state index in [0.29, 0.717) is 6.54 Å². The molecule has 2 N–H and O–H groups in total. The highest BCUT2D eigenvalue weighted by atomic mass is 16.5. The van der Waals surface area contributed by atoms with Gasteiger partial charge in [0.15, 0.2) is 0 Å². The zero-order valence-corrected chi connectivity index (χ0v) is 11.7. The molecule has 0 spiro atoms. The van der Waals surface area contributed by atoms with Crippen LogP contribution >= 0.6 is 0 Å². The second-order valence-corrected chi connectivity index (χ2v) is 4.52. The predicted molar refractivity (Wildman–Crippen MR) is 74.4 cm³/mol. The number of ether oxygens (including phenoxy) is 1. The van der Waals surface area contributed by atoms with Crippen LogP contribution in [-0.2, 0) is 11.3 Å². The summed E-state index contributed by atoms with van der Waals surface area (Å²) in [6, 6.07) is 6.16. The lowest BCUT2D eigenvalue weighted by atomic mass is 10.2. The van der Waals surface area contributed by atoms with Gasteiger partial charge >= 0.3 is 0 Å². The molecule has 0 aliphatic rings. The van der Waals surface area contributed by atoms with Gasteiger partial charge in [-0.2, -0.15) is 0 Å². The van der Waals surface area contributed by atoms with Crippen molar-refractivity contribution in [1.82, 2.24) is 9.88 Å². The molecule has 0 amide bonds. The summed E-state index contributed by atoms with van der Waals surface area (Å²) in [4.78, 5) is 6.90. The van der Waals surface area contributed by atoms with E-state index in [2.05, 4.69) is 28.9 Å². The highest BCUT2D eigenvalue weighted by molar-refractivity contribution is 5.09. The zero-order chi connectivity index (χ0) is 13.4. The first-order valence-corrected chi connectivity index (χ1v) is 6.57. The van der Waals surface area contributed by atoms with Gasteiger partial charge in [-0.1, -0.05) is 13.0 Å². The quantitative estimate of drug-likeness (QED) is 0.762. The fourth-order valence-corrected chi connectivity index (χ4v) is 1.92. The average molecular weight is 251 g/mol. The number of nitrogens with two attached hydrogens (primary N) is 1. The van der Waals surface area contributed by atoms with Crippen LogP contribution < -0.4 is 5.73 Å². The van der Waals surface area contributed by atoms with Crippen molar-refractivity contribution >= 4 is 0 Å². The third-order valence-electron chi connectivity index (χ3n) is 3.14. The molecule has 1 aromatic heterocycles. The molecule has 0 fully saturated rings. The van der Waals surface area contributed by atoms with Gasteiger partial charge in [0.05, 0.1) is 11.8 Å². The molecule has 1 heterocycles. The zero-order valence-electron chi connectivity index (χ0n) is 11.7. The Hall–Kier alpha value is -0.970. The van der Waals surface area contributed by atoms with Crippen LogP contribution in [0.25, 0.3) is 0 Å².